The average molecular weight is 451 g/mol. The Morgan fingerprint density at radius 3 is 2.57 bits per heavy atom. The van der Waals surface area contributed by atoms with Crippen LogP contribution in [0.4, 0.5) is 5.69 Å². The molecule has 0 unspecified atom stereocenters. The third kappa shape index (κ3) is 3.56. The Balaban J connectivity index is 1.58. The van der Waals surface area contributed by atoms with E-state index in [1.165, 1.54) is 0 Å². The second-order valence-corrected chi connectivity index (χ2v) is 8.67. The van der Waals surface area contributed by atoms with Crippen LogP contribution in [-0.2, 0) is 6.42 Å². The summed E-state index contributed by atoms with van der Waals surface area (Å²) in [5.74, 6) is 0. The van der Waals surface area contributed by atoms with Gasteiger partial charge in [0.1, 0.15) is 17.0 Å². The zero-order valence-corrected chi connectivity index (χ0v) is 18.0. The van der Waals surface area contributed by atoms with Crippen molar-refractivity contribution >= 4 is 45.9 Å². The van der Waals surface area contributed by atoms with Gasteiger partial charge in [-0.25, -0.2) is 9.97 Å². The highest BCUT2D eigenvalue weighted by atomic mass is 35.5. The van der Waals surface area contributed by atoms with Crippen molar-refractivity contribution in [1.29, 1.82) is 0 Å². The predicted molar refractivity (Wildman–Crippen MR) is 125 cm³/mol. The fraction of sp³-hybridized carbons (Fsp3) is 0.0435. The maximum Gasteiger partial charge on any atom is 0.137 e. The van der Waals surface area contributed by atoms with Gasteiger partial charge in [0, 0.05) is 29.2 Å². The summed E-state index contributed by atoms with van der Waals surface area (Å²) in [6.07, 6.45) is 2.70. The summed E-state index contributed by atoms with van der Waals surface area (Å²) in [6, 6.07) is 19.4. The lowest BCUT2D eigenvalue weighted by Gasteiger charge is -2.04. The molecule has 0 aliphatic heterocycles. The summed E-state index contributed by atoms with van der Waals surface area (Å²) >= 11 is 13.8. The van der Waals surface area contributed by atoms with Crippen molar-refractivity contribution in [2.24, 2.45) is 0 Å². The number of hydrogen-bond acceptors (Lipinski definition) is 4. The molecule has 0 saturated heterocycles. The Labute approximate surface area is 187 Å². The van der Waals surface area contributed by atoms with Crippen LogP contribution in [0.25, 0.3) is 28.3 Å². The normalized spacial score (nSPS) is 11.3. The molecule has 0 spiro atoms. The van der Waals surface area contributed by atoms with Gasteiger partial charge in [-0.2, -0.15) is 0 Å². The van der Waals surface area contributed by atoms with E-state index in [1.807, 2.05) is 66.9 Å². The summed E-state index contributed by atoms with van der Waals surface area (Å²) in [6.45, 7) is 0. The van der Waals surface area contributed by atoms with E-state index in [2.05, 4.69) is 9.78 Å². The van der Waals surface area contributed by atoms with Crippen molar-refractivity contribution in [2.45, 2.75) is 6.42 Å². The number of halogens is 2. The first-order valence-electron chi connectivity index (χ1n) is 9.30. The van der Waals surface area contributed by atoms with E-state index in [0.717, 1.165) is 44.6 Å². The molecule has 0 fully saturated rings. The standard InChI is InChI=1S/C23H16Cl2N4S/c24-17-9-4-14(11-18(17)25)12-21-27-19(13-30-21)23-22(15-5-7-16(26)8-6-15)28-20-3-1-2-10-29(20)23/h1-11,13H,12,26H2. The van der Waals surface area contributed by atoms with Gasteiger partial charge in [-0.15, -0.1) is 11.3 Å². The molecule has 0 aliphatic rings. The van der Waals surface area contributed by atoms with Crippen LogP contribution in [0.5, 0.6) is 0 Å². The fourth-order valence-electron chi connectivity index (χ4n) is 3.41. The molecular weight excluding hydrogens is 435 g/mol. The molecule has 7 heteroatoms. The van der Waals surface area contributed by atoms with Crippen molar-refractivity contribution in [2.75, 3.05) is 5.73 Å². The quantitative estimate of drug-likeness (QED) is 0.313. The van der Waals surface area contributed by atoms with Gasteiger partial charge in [0.05, 0.1) is 20.7 Å². The molecule has 4 nitrogen and oxygen atoms in total. The van der Waals surface area contributed by atoms with E-state index in [4.69, 9.17) is 38.9 Å². The Hall–Kier alpha value is -2.86. The molecule has 5 aromatic rings. The molecule has 0 atom stereocenters. The molecule has 0 bridgehead atoms. The van der Waals surface area contributed by atoms with E-state index in [1.54, 1.807) is 11.3 Å². The smallest absolute Gasteiger partial charge is 0.137 e. The SMILES string of the molecule is Nc1ccc(-c2nc3ccccn3c2-c2csc(Cc3ccc(Cl)c(Cl)c3)n2)cc1. The van der Waals surface area contributed by atoms with Crippen LogP contribution in [0.1, 0.15) is 10.6 Å². The summed E-state index contributed by atoms with van der Waals surface area (Å²) in [4.78, 5) is 9.77. The Morgan fingerprint density at radius 1 is 0.933 bits per heavy atom. The zero-order chi connectivity index (χ0) is 20.7. The van der Waals surface area contributed by atoms with Crippen LogP contribution in [0.2, 0.25) is 10.0 Å². The Bertz CT molecular complexity index is 1360. The van der Waals surface area contributed by atoms with Gasteiger partial charge >= 0.3 is 0 Å². The Kier molecular flexibility index (Phi) is 4.95. The van der Waals surface area contributed by atoms with Gasteiger partial charge in [-0.3, -0.25) is 4.40 Å². The predicted octanol–water partition coefficient (Wildman–Crippen LogP) is 6.60. The third-order valence-corrected chi connectivity index (χ3v) is 6.44. The van der Waals surface area contributed by atoms with E-state index >= 15 is 0 Å². The minimum Gasteiger partial charge on any atom is -0.399 e. The number of benzene rings is 2. The van der Waals surface area contributed by atoms with Crippen molar-refractivity contribution in [3.8, 4) is 22.6 Å². The van der Waals surface area contributed by atoms with E-state index in [0.29, 0.717) is 16.5 Å². The molecule has 0 aliphatic carbocycles. The Morgan fingerprint density at radius 2 is 1.77 bits per heavy atom. The minimum absolute atomic E-state index is 0.554. The molecule has 30 heavy (non-hydrogen) atoms. The summed E-state index contributed by atoms with van der Waals surface area (Å²) in [5.41, 5.74) is 12.3. The zero-order valence-electron chi connectivity index (χ0n) is 15.7. The highest BCUT2D eigenvalue weighted by Gasteiger charge is 2.18. The maximum atomic E-state index is 6.16. The van der Waals surface area contributed by atoms with Crippen molar-refractivity contribution in [3.63, 3.8) is 0 Å². The molecule has 0 radical (unpaired) electrons. The monoisotopic (exact) mass is 450 g/mol. The largest absolute Gasteiger partial charge is 0.399 e. The van der Waals surface area contributed by atoms with Gasteiger partial charge in [0.25, 0.3) is 0 Å². The molecule has 3 heterocycles. The number of nitrogens with two attached hydrogens (primary N) is 1. The summed E-state index contributed by atoms with van der Waals surface area (Å²) in [7, 11) is 0. The number of imidazole rings is 1. The number of pyridine rings is 1. The number of nitrogen functional groups attached to an aromatic ring is 1. The number of hydrogen-bond donors (Lipinski definition) is 1. The highest BCUT2D eigenvalue weighted by Crippen LogP contribution is 2.34. The average Bonchev–Trinajstić information content (AvgIpc) is 3.35. The molecule has 2 aromatic carbocycles. The number of thiazole rings is 1. The van der Waals surface area contributed by atoms with Crippen molar-refractivity contribution in [1.82, 2.24) is 14.4 Å². The first-order chi connectivity index (χ1) is 14.6. The van der Waals surface area contributed by atoms with Gasteiger partial charge < -0.3 is 5.73 Å². The lowest BCUT2D eigenvalue weighted by molar-refractivity contribution is 1.12. The van der Waals surface area contributed by atoms with Gasteiger partial charge in [-0.05, 0) is 42.0 Å². The van der Waals surface area contributed by atoms with E-state index < -0.39 is 0 Å². The number of anilines is 1. The molecule has 0 amide bonds. The number of nitrogens with zero attached hydrogens (tertiary/aromatic N) is 3. The van der Waals surface area contributed by atoms with Gasteiger partial charge in [-0.1, -0.05) is 47.5 Å². The molecule has 5 rings (SSSR count). The second-order valence-electron chi connectivity index (χ2n) is 6.91. The fourth-order valence-corrected chi connectivity index (χ4v) is 4.54. The molecule has 2 N–H and O–H groups in total. The molecule has 148 valence electrons. The van der Waals surface area contributed by atoms with Crippen LogP contribution in [0, 0.1) is 0 Å². The minimum atomic E-state index is 0.554. The van der Waals surface area contributed by atoms with Crippen LogP contribution in [0.15, 0.2) is 72.2 Å². The topological polar surface area (TPSA) is 56.2 Å². The van der Waals surface area contributed by atoms with E-state index in [9.17, 15) is 0 Å². The molecule has 0 saturated carbocycles. The lowest BCUT2D eigenvalue weighted by Crippen LogP contribution is -1.92. The van der Waals surface area contributed by atoms with Crippen LogP contribution in [-0.4, -0.2) is 14.4 Å². The van der Waals surface area contributed by atoms with Crippen molar-refractivity contribution in [3.05, 3.63) is 92.9 Å². The van der Waals surface area contributed by atoms with Gasteiger partial charge in [0.2, 0.25) is 0 Å². The van der Waals surface area contributed by atoms with E-state index in [-0.39, 0.29) is 0 Å². The van der Waals surface area contributed by atoms with Crippen LogP contribution in [0.3, 0.4) is 0 Å². The first-order valence-corrected chi connectivity index (χ1v) is 10.9. The van der Waals surface area contributed by atoms with Crippen LogP contribution < -0.4 is 5.73 Å². The maximum absolute atomic E-state index is 6.16. The van der Waals surface area contributed by atoms with Crippen molar-refractivity contribution < 1.29 is 0 Å². The summed E-state index contributed by atoms with van der Waals surface area (Å²) in [5, 5.41) is 4.18. The number of rotatable bonds is 4. The number of aromatic nitrogens is 3. The first kappa shape index (κ1) is 19.1. The highest BCUT2D eigenvalue weighted by molar-refractivity contribution is 7.10. The molecular formula is C23H16Cl2N4S. The van der Waals surface area contributed by atoms with Gasteiger partial charge in [0.15, 0.2) is 0 Å². The summed E-state index contributed by atoms with van der Waals surface area (Å²) < 4.78 is 2.07. The third-order valence-electron chi connectivity index (χ3n) is 4.85. The molecule has 3 aromatic heterocycles. The van der Waals surface area contributed by atoms with Crippen LogP contribution >= 0.6 is 34.5 Å². The lowest BCUT2D eigenvalue weighted by atomic mass is 10.1. The second kappa shape index (κ2) is 7.76. The number of fused-ring (bicyclic) bond motifs is 1.